The Morgan fingerprint density at radius 1 is 1.17 bits per heavy atom. The van der Waals surface area contributed by atoms with Crippen LogP contribution in [0.15, 0.2) is 53.4 Å². The van der Waals surface area contributed by atoms with Gasteiger partial charge in [0.15, 0.2) is 0 Å². The van der Waals surface area contributed by atoms with E-state index in [2.05, 4.69) is 5.32 Å². The minimum Gasteiger partial charge on any atom is -0.352 e. The Kier molecular flexibility index (Phi) is 7.76. The third-order valence-corrected chi connectivity index (χ3v) is 6.41. The van der Waals surface area contributed by atoms with E-state index in [1.165, 1.54) is 24.3 Å². The first-order valence-corrected chi connectivity index (χ1v) is 11.0. The quantitative estimate of drug-likeness (QED) is 0.609. The lowest BCUT2D eigenvalue weighted by Crippen LogP contribution is -2.43. The number of sulfonamides is 1. The molecule has 0 fully saturated rings. The third kappa shape index (κ3) is 5.89. The van der Waals surface area contributed by atoms with Gasteiger partial charge in [0.05, 0.1) is 21.2 Å². The molecule has 10 heteroatoms. The first-order chi connectivity index (χ1) is 14.0. The summed E-state index contributed by atoms with van der Waals surface area (Å²) in [6.07, 6.45) is -3.30. The van der Waals surface area contributed by atoms with Crippen molar-refractivity contribution < 1.29 is 26.4 Å². The van der Waals surface area contributed by atoms with Gasteiger partial charge in [-0.25, -0.2) is 8.42 Å². The van der Waals surface area contributed by atoms with Crippen molar-refractivity contribution in [3.63, 3.8) is 0 Å². The number of nitrogens with one attached hydrogen (secondary N) is 1. The first kappa shape index (κ1) is 24.0. The lowest BCUT2D eigenvalue weighted by atomic mass is 10.2. The van der Waals surface area contributed by atoms with Crippen LogP contribution < -0.4 is 9.62 Å². The molecule has 1 amide bonds. The minimum atomic E-state index is -4.78. The van der Waals surface area contributed by atoms with Crippen molar-refractivity contribution in [3.05, 3.63) is 59.1 Å². The predicted octanol–water partition coefficient (Wildman–Crippen LogP) is 4.86. The SMILES string of the molecule is CCC[C@H](C)NC(=O)CN(c1ccc(Cl)c(C(F)(F)F)c1)S(=O)(=O)c1ccccc1. The number of hydrogen-bond acceptors (Lipinski definition) is 3. The van der Waals surface area contributed by atoms with Crippen LogP contribution in [0, 0.1) is 0 Å². The summed E-state index contributed by atoms with van der Waals surface area (Å²) in [5.74, 6) is -0.626. The maximum Gasteiger partial charge on any atom is 0.417 e. The van der Waals surface area contributed by atoms with Crippen LogP contribution >= 0.6 is 11.6 Å². The summed E-state index contributed by atoms with van der Waals surface area (Å²) in [4.78, 5) is 12.3. The van der Waals surface area contributed by atoms with Crippen molar-refractivity contribution in [3.8, 4) is 0 Å². The van der Waals surface area contributed by atoms with E-state index in [0.717, 1.165) is 18.6 Å². The summed E-state index contributed by atoms with van der Waals surface area (Å²) >= 11 is 5.66. The van der Waals surface area contributed by atoms with Crippen LogP contribution in [0.3, 0.4) is 0 Å². The van der Waals surface area contributed by atoms with E-state index >= 15 is 0 Å². The molecule has 0 bridgehead atoms. The Morgan fingerprint density at radius 2 is 1.80 bits per heavy atom. The zero-order valence-corrected chi connectivity index (χ0v) is 18.0. The molecule has 0 aliphatic rings. The van der Waals surface area contributed by atoms with Crippen molar-refractivity contribution in [2.45, 2.75) is 43.8 Å². The largest absolute Gasteiger partial charge is 0.417 e. The summed E-state index contributed by atoms with van der Waals surface area (Å²) in [6, 6.07) is 9.71. The molecule has 0 radical (unpaired) electrons. The summed E-state index contributed by atoms with van der Waals surface area (Å²) in [7, 11) is -4.31. The number of anilines is 1. The number of benzene rings is 2. The smallest absolute Gasteiger partial charge is 0.352 e. The number of halogens is 4. The van der Waals surface area contributed by atoms with Gasteiger partial charge >= 0.3 is 6.18 Å². The zero-order chi connectivity index (χ0) is 22.5. The molecule has 0 spiro atoms. The molecule has 30 heavy (non-hydrogen) atoms. The van der Waals surface area contributed by atoms with Gasteiger partial charge in [0, 0.05) is 6.04 Å². The molecule has 1 N–H and O–H groups in total. The molecule has 0 saturated carbocycles. The van der Waals surface area contributed by atoms with Crippen molar-refractivity contribution in [2.75, 3.05) is 10.8 Å². The van der Waals surface area contributed by atoms with Gasteiger partial charge in [0.25, 0.3) is 10.0 Å². The fraction of sp³-hybridized carbons (Fsp3) is 0.350. The lowest BCUT2D eigenvalue weighted by molar-refractivity contribution is -0.137. The number of carbonyl (C=O) groups excluding carboxylic acids is 1. The maximum atomic E-state index is 13.3. The Labute approximate surface area is 178 Å². The topological polar surface area (TPSA) is 66.5 Å². The molecule has 0 aliphatic carbocycles. The second kappa shape index (κ2) is 9.70. The Hall–Kier alpha value is -2.26. The number of rotatable bonds is 8. The van der Waals surface area contributed by atoms with Crippen LogP contribution in [0.1, 0.15) is 32.3 Å². The number of amides is 1. The molecule has 2 aromatic carbocycles. The van der Waals surface area contributed by atoms with E-state index in [4.69, 9.17) is 11.6 Å². The van der Waals surface area contributed by atoms with Gasteiger partial charge in [-0.3, -0.25) is 9.10 Å². The van der Waals surface area contributed by atoms with E-state index in [9.17, 15) is 26.4 Å². The van der Waals surface area contributed by atoms with E-state index in [-0.39, 0.29) is 16.6 Å². The van der Waals surface area contributed by atoms with E-state index < -0.39 is 39.2 Å². The summed E-state index contributed by atoms with van der Waals surface area (Å²) in [6.45, 7) is 3.02. The van der Waals surface area contributed by atoms with Crippen LogP contribution in [0.2, 0.25) is 5.02 Å². The molecule has 5 nitrogen and oxygen atoms in total. The molecule has 164 valence electrons. The molecule has 0 saturated heterocycles. The Balaban J connectivity index is 2.51. The van der Waals surface area contributed by atoms with Gasteiger partial charge in [-0.05, 0) is 43.7 Å². The van der Waals surface area contributed by atoms with Crippen LogP contribution in [0.5, 0.6) is 0 Å². The van der Waals surface area contributed by atoms with Crippen molar-refractivity contribution in [1.29, 1.82) is 0 Å². The van der Waals surface area contributed by atoms with Gasteiger partial charge in [-0.15, -0.1) is 0 Å². The van der Waals surface area contributed by atoms with Crippen LogP contribution in [-0.4, -0.2) is 26.9 Å². The fourth-order valence-corrected chi connectivity index (χ4v) is 4.54. The van der Waals surface area contributed by atoms with Gasteiger partial charge in [0.1, 0.15) is 6.54 Å². The van der Waals surface area contributed by atoms with Crippen molar-refractivity contribution in [2.24, 2.45) is 0 Å². The molecule has 0 heterocycles. The minimum absolute atomic E-state index is 0.150. The molecular weight excluding hydrogens is 441 g/mol. The van der Waals surface area contributed by atoms with E-state index in [1.54, 1.807) is 13.0 Å². The third-order valence-electron chi connectivity index (χ3n) is 4.29. The fourth-order valence-electron chi connectivity index (χ4n) is 2.88. The highest BCUT2D eigenvalue weighted by molar-refractivity contribution is 7.92. The molecular formula is C20H22ClF3N2O3S. The summed E-state index contributed by atoms with van der Waals surface area (Å²) in [5.41, 5.74) is -1.50. The van der Waals surface area contributed by atoms with Gasteiger partial charge in [0.2, 0.25) is 5.91 Å². The highest BCUT2D eigenvalue weighted by Gasteiger charge is 2.35. The molecule has 2 rings (SSSR count). The highest BCUT2D eigenvalue weighted by Crippen LogP contribution is 2.37. The molecule has 0 unspecified atom stereocenters. The van der Waals surface area contributed by atoms with Crippen LogP contribution in [0.4, 0.5) is 18.9 Å². The molecule has 1 atom stereocenters. The zero-order valence-electron chi connectivity index (χ0n) is 16.4. The number of hydrogen-bond donors (Lipinski definition) is 1. The molecule has 0 aliphatic heterocycles. The lowest BCUT2D eigenvalue weighted by Gasteiger charge is -2.26. The molecule has 0 aromatic heterocycles. The summed E-state index contributed by atoms with van der Waals surface area (Å²) < 4.78 is 66.9. The average Bonchev–Trinajstić information content (AvgIpc) is 2.66. The molecule has 2 aromatic rings. The number of nitrogens with zero attached hydrogens (tertiary/aromatic N) is 1. The van der Waals surface area contributed by atoms with E-state index in [0.29, 0.717) is 16.8 Å². The predicted molar refractivity (Wildman–Crippen MR) is 110 cm³/mol. The van der Waals surface area contributed by atoms with Crippen LogP contribution in [0.25, 0.3) is 0 Å². The second-order valence-corrected chi connectivity index (χ2v) is 9.01. The monoisotopic (exact) mass is 462 g/mol. The normalized spacial score (nSPS) is 13.0. The maximum absolute atomic E-state index is 13.3. The second-order valence-electron chi connectivity index (χ2n) is 6.74. The van der Waals surface area contributed by atoms with E-state index in [1.807, 2.05) is 6.92 Å². The Morgan fingerprint density at radius 3 is 2.37 bits per heavy atom. The first-order valence-electron chi connectivity index (χ1n) is 9.20. The average molecular weight is 463 g/mol. The van der Waals surface area contributed by atoms with Gasteiger partial charge in [-0.2, -0.15) is 13.2 Å². The van der Waals surface area contributed by atoms with Crippen molar-refractivity contribution >= 4 is 33.2 Å². The standard InChI is InChI=1S/C20H22ClF3N2O3S/c1-3-7-14(2)25-19(27)13-26(30(28,29)16-8-5-4-6-9-16)15-10-11-18(21)17(12-15)20(22,23)24/h4-6,8-12,14H,3,7,13H2,1-2H3,(H,25,27)/t14-/m0/s1. The number of alkyl halides is 3. The summed E-state index contributed by atoms with van der Waals surface area (Å²) in [5, 5.41) is 2.10. The van der Waals surface area contributed by atoms with Crippen LogP contribution in [-0.2, 0) is 21.0 Å². The highest BCUT2D eigenvalue weighted by atomic mass is 35.5. The van der Waals surface area contributed by atoms with Gasteiger partial charge < -0.3 is 5.32 Å². The van der Waals surface area contributed by atoms with Gasteiger partial charge in [-0.1, -0.05) is 43.1 Å². The number of carbonyl (C=O) groups is 1. The Bertz CT molecular complexity index is 983. The van der Waals surface area contributed by atoms with Crippen molar-refractivity contribution in [1.82, 2.24) is 5.32 Å².